The number of esters is 1. The van der Waals surface area contributed by atoms with Crippen LogP contribution in [-0.4, -0.2) is 42.1 Å². The molecule has 6 heteroatoms. The van der Waals surface area contributed by atoms with Gasteiger partial charge in [0.25, 0.3) is 0 Å². The molecule has 1 aromatic heterocycles. The predicted octanol–water partition coefficient (Wildman–Crippen LogP) is -0.443. The molecule has 2 heterocycles. The van der Waals surface area contributed by atoms with Crippen molar-refractivity contribution in [3.05, 3.63) is 11.8 Å². The highest BCUT2D eigenvalue weighted by Gasteiger charge is 2.21. The summed E-state index contributed by atoms with van der Waals surface area (Å²) in [4.78, 5) is 11.2. The quantitative estimate of drug-likeness (QED) is 0.686. The van der Waals surface area contributed by atoms with Crippen LogP contribution in [0, 0.1) is 0 Å². The summed E-state index contributed by atoms with van der Waals surface area (Å²) in [5.41, 5.74) is 0.266. The standard InChI is InChI=1S/C9H13N3O3/c1-12-8(15-6-4-10-5-6)3-7(11-12)9(13)14-2/h3,6,10H,4-5H2,1-2H3. The number of rotatable bonds is 3. The molecule has 2 rings (SSSR count). The Labute approximate surface area is 87.2 Å². The highest BCUT2D eigenvalue weighted by molar-refractivity contribution is 5.87. The summed E-state index contributed by atoms with van der Waals surface area (Å²) in [6, 6.07) is 1.59. The van der Waals surface area contributed by atoms with Gasteiger partial charge in [-0.2, -0.15) is 5.10 Å². The van der Waals surface area contributed by atoms with E-state index in [0.29, 0.717) is 5.88 Å². The first-order valence-electron chi connectivity index (χ1n) is 4.70. The van der Waals surface area contributed by atoms with E-state index in [4.69, 9.17) is 4.74 Å². The second-order valence-electron chi connectivity index (χ2n) is 3.38. The first-order chi connectivity index (χ1) is 7.20. The van der Waals surface area contributed by atoms with Crippen LogP contribution in [0.25, 0.3) is 0 Å². The summed E-state index contributed by atoms with van der Waals surface area (Å²) in [5.74, 6) is 0.133. The highest BCUT2D eigenvalue weighted by Crippen LogP contribution is 2.15. The molecule has 1 aliphatic heterocycles. The molecule has 0 unspecified atom stereocenters. The summed E-state index contributed by atoms with van der Waals surface area (Å²) < 4.78 is 11.7. The first kappa shape index (κ1) is 9.97. The van der Waals surface area contributed by atoms with Crippen molar-refractivity contribution in [3.63, 3.8) is 0 Å². The molecule has 1 saturated heterocycles. The fourth-order valence-corrected chi connectivity index (χ4v) is 1.28. The van der Waals surface area contributed by atoms with Crippen molar-refractivity contribution >= 4 is 5.97 Å². The normalized spacial score (nSPS) is 15.9. The number of ether oxygens (including phenoxy) is 2. The number of nitrogens with zero attached hydrogens (tertiary/aromatic N) is 2. The van der Waals surface area contributed by atoms with Crippen LogP contribution in [0.1, 0.15) is 10.5 Å². The average molecular weight is 211 g/mol. The van der Waals surface area contributed by atoms with E-state index in [-0.39, 0.29) is 11.8 Å². The van der Waals surface area contributed by atoms with Crippen LogP contribution in [0.3, 0.4) is 0 Å². The number of carbonyl (C=O) groups is 1. The average Bonchev–Trinajstić information content (AvgIpc) is 2.52. The molecule has 0 amide bonds. The fourth-order valence-electron chi connectivity index (χ4n) is 1.28. The molecule has 0 aliphatic carbocycles. The van der Waals surface area contributed by atoms with Crippen LogP contribution < -0.4 is 10.1 Å². The topological polar surface area (TPSA) is 65.4 Å². The third-order valence-electron chi connectivity index (χ3n) is 2.26. The van der Waals surface area contributed by atoms with Gasteiger partial charge in [-0.3, -0.25) is 0 Å². The van der Waals surface area contributed by atoms with Crippen LogP contribution in [0.2, 0.25) is 0 Å². The number of carbonyl (C=O) groups excluding carboxylic acids is 1. The van der Waals surface area contributed by atoms with E-state index < -0.39 is 5.97 Å². The summed E-state index contributed by atoms with van der Waals surface area (Å²) in [7, 11) is 3.06. The Bertz CT molecular complexity index is 371. The zero-order chi connectivity index (χ0) is 10.8. The van der Waals surface area contributed by atoms with Gasteiger partial charge in [0, 0.05) is 26.2 Å². The lowest BCUT2D eigenvalue weighted by Gasteiger charge is -2.27. The fraction of sp³-hybridized carbons (Fsp3) is 0.556. The van der Waals surface area contributed by atoms with Crippen molar-refractivity contribution in [2.24, 2.45) is 7.05 Å². The van der Waals surface area contributed by atoms with E-state index in [0.717, 1.165) is 13.1 Å². The summed E-state index contributed by atoms with van der Waals surface area (Å²) in [5, 5.41) is 7.08. The van der Waals surface area contributed by atoms with Crippen molar-refractivity contribution in [2.75, 3.05) is 20.2 Å². The largest absolute Gasteiger partial charge is 0.472 e. The van der Waals surface area contributed by atoms with Gasteiger partial charge in [-0.1, -0.05) is 0 Å². The molecule has 0 bridgehead atoms. The number of aromatic nitrogens is 2. The van der Waals surface area contributed by atoms with Crippen LogP contribution in [0.4, 0.5) is 0 Å². The van der Waals surface area contributed by atoms with Crippen LogP contribution in [-0.2, 0) is 11.8 Å². The maximum atomic E-state index is 11.2. The number of nitrogens with one attached hydrogen (secondary N) is 1. The molecule has 1 fully saturated rings. The van der Waals surface area contributed by atoms with E-state index in [2.05, 4.69) is 15.2 Å². The van der Waals surface area contributed by atoms with Gasteiger partial charge in [-0.25, -0.2) is 9.48 Å². The van der Waals surface area contributed by atoms with Gasteiger partial charge in [0.1, 0.15) is 6.10 Å². The van der Waals surface area contributed by atoms with Gasteiger partial charge in [0.15, 0.2) is 5.69 Å². The molecule has 0 saturated carbocycles. The van der Waals surface area contributed by atoms with E-state index in [9.17, 15) is 4.79 Å². The Balaban J connectivity index is 2.09. The second kappa shape index (κ2) is 3.90. The minimum atomic E-state index is -0.452. The monoisotopic (exact) mass is 211 g/mol. The van der Waals surface area contributed by atoms with Crippen molar-refractivity contribution in [1.29, 1.82) is 0 Å². The van der Waals surface area contributed by atoms with Crippen molar-refractivity contribution < 1.29 is 14.3 Å². The predicted molar refractivity (Wildman–Crippen MR) is 51.8 cm³/mol. The Kier molecular flexibility index (Phi) is 2.59. The number of hydrogen-bond acceptors (Lipinski definition) is 5. The smallest absolute Gasteiger partial charge is 0.358 e. The minimum absolute atomic E-state index is 0.172. The van der Waals surface area contributed by atoms with Gasteiger partial charge < -0.3 is 14.8 Å². The molecule has 15 heavy (non-hydrogen) atoms. The Morgan fingerprint density at radius 1 is 1.67 bits per heavy atom. The number of hydrogen-bond donors (Lipinski definition) is 1. The Hall–Kier alpha value is -1.56. The van der Waals surface area contributed by atoms with Gasteiger partial charge in [-0.15, -0.1) is 0 Å². The molecular weight excluding hydrogens is 198 g/mol. The molecular formula is C9H13N3O3. The zero-order valence-corrected chi connectivity index (χ0v) is 8.69. The van der Waals surface area contributed by atoms with Crippen molar-refractivity contribution in [3.8, 4) is 5.88 Å². The second-order valence-corrected chi connectivity index (χ2v) is 3.38. The summed E-state index contributed by atoms with van der Waals surface area (Å²) in [6.45, 7) is 1.66. The lowest BCUT2D eigenvalue weighted by atomic mass is 10.2. The molecule has 6 nitrogen and oxygen atoms in total. The highest BCUT2D eigenvalue weighted by atomic mass is 16.5. The molecule has 0 radical (unpaired) electrons. The molecule has 1 aliphatic rings. The third-order valence-corrected chi connectivity index (χ3v) is 2.26. The molecule has 82 valence electrons. The van der Waals surface area contributed by atoms with Crippen LogP contribution in [0.15, 0.2) is 6.07 Å². The van der Waals surface area contributed by atoms with E-state index >= 15 is 0 Å². The lowest BCUT2D eigenvalue weighted by molar-refractivity contribution is 0.0593. The molecule has 0 atom stereocenters. The third kappa shape index (κ3) is 1.94. The summed E-state index contributed by atoms with van der Waals surface area (Å²) >= 11 is 0. The van der Waals surface area contributed by atoms with Gasteiger partial charge in [-0.05, 0) is 0 Å². The van der Waals surface area contributed by atoms with Crippen molar-refractivity contribution in [1.82, 2.24) is 15.1 Å². The molecule has 1 N–H and O–H groups in total. The van der Waals surface area contributed by atoms with E-state index in [1.807, 2.05) is 0 Å². The Morgan fingerprint density at radius 2 is 2.40 bits per heavy atom. The maximum absolute atomic E-state index is 11.2. The summed E-state index contributed by atoms with van der Waals surface area (Å²) in [6.07, 6.45) is 0.172. The number of methoxy groups -OCH3 is 1. The molecule has 1 aromatic rings. The maximum Gasteiger partial charge on any atom is 0.358 e. The Morgan fingerprint density at radius 3 is 2.93 bits per heavy atom. The van der Waals surface area contributed by atoms with Crippen LogP contribution in [0.5, 0.6) is 5.88 Å². The van der Waals surface area contributed by atoms with E-state index in [1.165, 1.54) is 11.8 Å². The zero-order valence-electron chi connectivity index (χ0n) is 8.69. The van der Waals surface area contributed by atoms with Gasteiger partial charge in [0.2, 0.25) is 5.88 Å². The van der Waals surface area contributed by atoms with Gasteiger partial charge in [0.05, 0.1) is 7.11 Å². The lowest BCUT2D eigenvalue weighted by Crippen LogP contribution is -2.50. The van der Waals surface area contributed by atoms with Gasteiger partial charge >= 0.3 is 5.97 Å². The van der Waals surface area contributed by atoms with Crippen LogP contribution >= 0.6 is 0 Å². The van der Waals surface area contributed by atoms with Crippen molar-refractivity contribution in [2.45, 2.75) is 6.10 Å². The molecule has 0 aromatic carbocycles. The first-order valence-corrected chi connectivity index (χ1v) is 4.70. The van der Waals surface area contributed by atoms with E-state index in [1.54, 1.807) is 13.1 Å². The molecule has 0 spiro atoms. The minimum Gasteiger partial charge on any atom is -0.472 e. The number of aryl methyl sites for hydroxylation is 1. The SMILES string of the molecule is COC(=O)c1cc(OC2CNC2)n(C)n1.